The van der Waals surface area contributed by atoms with E-state index in [0.717, 1.165) is 19.4 Å². The van der Waals surface area contributed by atoms with E-state index in [9.17, 15) is 15.2 Å². The number of nitrogens with two attached hydrogens (primary N) is 1. The van der Waals surface area contributed by atoms with Gasteiger partial charge < -0.3 is 20.6 Å². The van der Waals surface area contributed by atoms with Crippen molar-refractivity contribution in [2.75, 3.05) is 29.9 Å². The number of hydrogen-bond acceptors (Lipinski definition) is 7. The van der Waals surface area contributed by atoms with Crippen LogP contribution in [0.1, 0.15) is 41.4 Å². The molecule has 2 aliphatic heterocycles. The number of carbonyl (C=O) groups is 1. The van der Waals surface area contributed by atoms with Crippen LogP contribution in [0.25, 0.3) is 0 Å². The summed E-state index contributed by atoms with van der Waals surface area (Å²) in [5.41, 5.74) is 7.70. The fraction of sp³-hybridized carbons (Fsp3) is 0.435. The first-order chi connectivity index (χ1) is 15.5. The molecular formula is C23H27N7O2. The highest BCUT2D eigenvalue weighted by Gasteiger charge is 2.41. The van der Waals surface area contributed by atoms with Crippen LogP contribution in [0.5, 0.6) is 0 Å². The van der Waals surface area contributed by atoms with E-state index in [4.69, 9.17) is 10.7 Å². The third-order valence-corrected chi connectivity index (χ3v) is 5.98. The number of aliphatic hydroxyl groups excluding tert-OH is 1. The maximum atomic E-state index is 13.6. The summed E-state index contributed by atoms with van der Waals surface area (Å²) in [7, 11) is 1.70. The lowest BCUT2D eigenvalue weighted by molar-refractivity contribution is -0.000805. The molecular weight excluding hydrogens is 406 g/mol. The number of nitriles is 1. The van der Waals surface area contributed by atoms with Crippen LogP contribution in [0.3, 0.4) is 0 Å². The van der Waals surface area contributed by atoms with E-state index < -0.39 is 6.35 Å². The summed E-state index contributed by atoms with van der Waals surface area (Å²) >= 11 is 0. The van der Waals surface area contributed by atoms with Crippen molar-refractivity contribution in [1.29, 1.82) is 5.26 Å². The van der Waals surface area contributed by atoms with E-state index in [1.807, 2.05) is 10.6 Å². The van der Waals surface area contributed by atoms with Crippen molar-refractivity contribution >= 4 is 17.7 Å². The van der Waals surface area contributed by atoms with E-state index >= 15 is 0 Å². The maximum absolute atomic E-state index is 13.6. The Hall–Kier alpha value is -3.53. The molecule has 2 aromatic rings. The number of amides is 1. The van der Waals surface area contributed by atoms with Crippen molar-refractivity contribution in [2.45, 2.75) is 45.2 Å². The molecule has 1 saturated heterocycles. The lowest BCUT2D eigenvalue weighted by Gasteiger charge is -2.38. The molecule has 166 valence electrons. The smallest absolute Gasteiger partial charge is 0.278 e. The largest absolute Gasteiger partial charge is 0.356 e. The van der Waals surface area contributed by atoms with Crippen molar-refractivity contribution in [3.8, 4) is 17.9 Å². The lowest BCUT2D eigenvalue weighted by atomic mass is 10.1. The van der Waals surface area contributed by atoms with Gasteiger partial charge in [-0.2, -0.15) is 10.2 Å². The molecule has 0 bridgehead atoms. The third-order valence-electron chi connectivity index (χ3n) is 5.98. The number of aromatic nitrogens is 2. The van der Waals surface area contributed by atoms with Crippen LogP contribution < -0.4 is 15.5 Å². The molecule has 9 heteroatoms. The Morgan fingerprint density at radius 3 is 2.84 bits per heavy atom. The summed E-state index contributed by atoms with van der Waals surface area (Å²) in [6.07, 6.45) is 0.690. The van der Waals surface area contributed by atoms with Gasteiger partial charge in [0.05, 0.1) is 24.7 Å². The predicted molar refractivity (Wildman–Crippen MR) is 121 cm³/mol. The van der Waals surface area contributed by atoms with Gasteiger partial charge in [-0.25, -0.2) is 0 Å². The Bertz CT molecular complexity index is 1120. The van der Waals surface area contributed by atoms with Gasteiger partial charge in [0.25, 0.3) is 5.91 Å². The number of imidazole rings is 1. The minimum Gasteiger partial charge on any atom is -0.356 e. The van der Waals surface area contributed by atoms with Gasteiger partial charge in [-0.3, -0.25) is 14.3 Å². The number of aliphatic hydroxyl groups is 1. The van der Waals surface area contributed by atoms with Crippen LogP contribution in [-0.4, -0.2) is 58.0 Å². The normalized spacial score (nSPS) is 20.5. The van der Waals surface area contributed by atoms with E-state index in [-0.39, 0.29) is 18.5 Å². The van der Waals surface area contributed by atoms with Crippen LogP contribution >= 0.6 is 0 Å². The van der Waals surface area contributed by atoms with Crippen LogP contribution in [0.4, 0.5) is 11.8 Å². The second-order valence-corrected chi connectivity index (χ2v) is 8.10. The zero-order valence-electron chi connectivity index (χ0n) is 18.3. The number of benzene rings is 1. The summed E-state index contributed by atoms with van der Waals surface area (Å²) in [5.74, 6) is 6.63. The molecule has 1 amide bonds. The van der Waals surface area contributed by atoms with E-state index in [1.165, 1.54) is 4.90 Å². The van der Waals surface area contributed by atoms with Crippen LogP contribution in [0.2, 0.25) is 0 Å². The van der Waals surface area contributed by atoms with Crippen molar-refractivity contribution in [2.24, 2.45) is 5.73 Å². The molecule has 0 radical (unpaired) electrons. The zero-order chi connectivity index (χ0) is 22.8. The van der Waals surface area contributed by atoms with Crippen LogP contribution in [0.15, 0.2) is 24.3 Å². The fourth-order valence-electron chi connectivity index (χ4n) is 4.29. The van der Waals surface area contributed by atoms with Gasteiger partial charge in [0, 0.05) is 26.2 Å². The number of piperidine rings is 1. The Kier molecular flexibility index (Phi) is 6.04. The Morgan fingerprint density at radius 1 is 1.34 bits per heavy atom. The summed E-state index contributed by atoms with van der Waals surface area (Å²) in [4.78, 5) is 23.4. The highest BCUT2D eigenvalue weighted by atomic mass is 16.3. The van der Waals surface area contributed by atoms with Gasteiger partial charge in [0.1, 0.15) is 0 Å². The Morgan fingerprint density at radius 2 is 2.12 bits per heavy atom. The standard InChI is InChI=1S/C23H27N7O2/c1-3-4-12-29-19-20(26-22(29)28-11-7-10-18(25)15-28)27(2)23(32)30(21(19)31)14-17-9-6-5-8-16(17)13-24/h5-6,8-9,18,23,32H,7,10-12,14-15,25H2,1-2H3/t18-,23?/m1/s1. The number of hydrogen-bond donors (Lipinski definition) is 2. The minimum absolute atomic E-state index is 0.0428. The quantitative estimate of drug-likeness (QED) is 0.693. The Labute approximate surface area is 187 Å². The van der Waals surface area contributed by atoms with Crippen molar-refractivity contribution < 1.29 is 9.90 Å². The molecule has 0 spiro atoms. The number of carbonyl (C=O) groups excluding carboxylic acids is 1. The summed E-state index contributed by atoms with van der Waals surface area (Å²) < 4.78 is 1.82. The van der Waals surface area contributed by atoms with Crippen molar-refractivity contribution in [3.63, 3.8) is 0 Å². The second kappa shape index (κ2) is 8.91. The summed E-state index contributed by atoms with van der Waals surface area (Å²) in [5, 5.41) is 20.4. The topological polar surface area (TPSA) is 115 Å². The monoisotopic (exact) mass is 433 g/mol. The molecule has 3 heterocycles. The molecule has 32 heavy (non-hydrogen) atoms. The minimum atomic E-state index is -1.21. The average Bonchev–Trinajstić information content (AvgIpc) is 3.19. The molecule has 1 unspecified atom stereocenters. The summed E-state index contributed by atoms with van der Waals surface area (Å²) in [6.45, 7) is 3.60. The predicted octanol–water partition coefficient (Wildman–Crippen LogP) is 1.07. The van der Waals surface area contributed by atoms with Gasteiger partial charge in [0.2, 0.25) is 12.3 Å². The van der Waals surface area contributed by atoms with E-state index in [2.05, 4.69) is 22.8 Å². The summed E-state index contributed by atoms with van der Waals surface area (Å²) in [6, 6.07) is 9.26. The van der Waals surface area contributed by atoms with Gasteiger partial charge >= 0.3 is 0 Å². The molecule has 9 nitrogen and oxygen atoms in total. The zero-order valence-corrected chi connectivity index (χ0v) is 18.3. The van der Waals surface area contributed by atoms with Crippen molar-refractivity contribution in [1.82, 2.24) is 14.5 Å². The molecule has 1 aromatic carbocycles. The lowest BCUT2D eigenvalue weighted by Crippen LogP contribution is -2.54. The molecule has 2 atom stereocenters. The first-order valence-electron chi connectivity index (χ1n) is 10.7. The number of fused-ring (bicyclic) bond motifs is 1. The van der Waals surface area contributed by atoms with Crippen molar-refractivity contribution in [3.05, 3.63) is 41.1 Å². The van der Waals surface area contributed by atoms with Crippen LogP contribution in [-0.2, 0) is 13.1 Å². The molecule has 3 N–H and O–H groups in total. The number of anilines is 2. The highest BCUT2D eigenvalue weighted by molar-refractivity contribution is 6.00. The fourth-order valence-corrected chi connectivity index (χ4v) is 4.29. The third kappa shape index (κ3) is 3.77. The first kappa shape index (κ1) is 21.7. The molecule has 0 saturated carbocycles. The maximum Gasteiger partial charge on any atom is 0.278 e. The number of rotatable bonds is 4. The molecule has 0 aliphatic carbocycles. The molecule has 1 aromatic heterocycles. The van der Waals surface area contributed by atoms with E-state index in [1.54, 1.807) is 37.1 Å². The molecule has 1 fully saturated rings. The number of nitrogens with zero attached hydrogens (tertiary/aromatic N) is 6. The molecule has 2 aliphatic rings. The van der Waals surface area contributed by atoms with E-state index in [0.29, 0.717) is 41.7 Å². The highest BCUT2D eigenvalue weighted by Crippen LogP contribution is 2.34. The second-order valence-electron chi connectivity index (χ2n) is 8.10. The van der Waals surface area contributed by atoms with Gasteiger partial charge in [-0.1, -0.05) is 24.1 Å². The van der Waals surface area contributed by atoms with Gasteiger partial charge in [-0.15, -0.1) is 5.92 Å². The first-order valence-corrected chi connectivity index (χ1v) is 10.7. The van der Waals surface area contributed by atoms with Gasteiger partial charge in [0.15, 0.2) is 11.5 Å². The van der Waals surface area contributed by atoms with Gasteiger partial charge in [-0.05, 0) is 31.4 Å². The molecule has 4 rings (SSSR count). The average molecular weight is 434 g/mol. The SMILES string of the molecule is CC#CCn1c(N2CCC[C@@H](N)C2)nc2c1C(=O)N(Cc1ccccc1C#N)C(O)N2C. The van der Waals surface area contributed by atoms with Crippen LogP contribution in [0, 0.1) is 23.2 Å². The Balaban J connectivity index is 1.77.